The Balaban J connectivity index is 0.00000162. The number of likely N-dealkylation sites (tertiary alicyclic amines) is 1. The van der Waals surface area contributed by atoms with E-state index in [9.17, 15) is 18.0 Å². The van der Waals surface area contributed by atoms with Gasteiger partial charge in [-0.1, -0.05) is 0 Å². The molecule has 0 saturated carbocycles. The number of hydrogen-bond donors (Lipinski definition) is 1. The summed E-state index contributed by atoms with van der Waals surface area (Å²) in [5.74, 6) is -5.04. The highest BCUT2D eigenvalue weighted by Gasteiger charge is 2.28. The van der Waals surface area contributed by atoms with Crippen molar-refractivity contribution in [3.63, 3.8) is 0 Å². The highest BCUT2D eigenvalue weighted by molar-refractivity contribution is 5.94. The minimum atomic E-state index is -1.63. The SMILES string of the molecule is Cl.N[C@@H]1CCN(C(=O)c2ccc(F)c(F)c2F)C1. The zero-order valence-electron chi connectivity index (χ0n) is 9.33. The minimum Gasteiger partial charge on any atom is -0.337 e. The summed E-state index contributed by atoms with van der Waals surface area (Å²) in [6.45, 7) is 0.704. The molecule has 1 aliphatic rings. The maximum Gasteiger partial charge on any atom is 0.256 e. The van der Waals surface area contributed by atoms with E-state index in [1.165, 1.54) is 4.90 Å². The van der Waals surface area contributed by atoms with Crippen LogP contribution in [0, 0.1) is 17.5 Å². The summed E-state index contributed by atoms with van der Waals surface area (Å²) in [7, 11) is 0. The Morgan fingerprint density at radius 2 is 1.94 bits per heavy atom. The van der Waals surface area contributed by atoms with Gasteiger partial charge in [-0.15, -0.1) is 12.4 Å². The molecule has 0 spiro atoms. The van der Waals surface area contributed by atoms with E-state index >= 15 is 0 Å². The number of benzene rings is 1. The molecule has 1 fully saturated rings. The maximum atomic E-state index is 13.4. The van der Waals surface area contributed by atoms with Crippen LogP contribution in [0.3, 0.4) is 0 Å². The molecule has 0 radical (unpaired) electrons. The van der Waals surface area contributed by atoms with Gasteiger partial charge in [0.1, 0.15) is 0 Å². The lowest BCUT2D eigenvalue weighted by molar-refractivity contribution is 0.0785. The third-order valence-electron chi connectivity index (χ3n) is 2.78. The summed E-state index contributed by atoms with van der Waals surface area (Å²) < 4.78 is 39.0. The second kappa shape index (κ2) is 5.58. The zero-order valence-corrected chi connectivity index (χ0v) is 10.1. The summed E-state index contributed by atoms with van der Waals surface area (Å²) in [4.78, 5) is 13.2. The number of carbonyl (C=O) groups is 1. The molecule has 3 nitrogen and oxygen atoms in total. The molecule has 0 bridgehead atoms. The predicted molar refractivity (Wildman–Crippen MR) is 62.1 cm³/mol. The Morgan fingerprint density at radius 3 is 2.50 bits per heavy atom. The van der Waals surface area contributed by atoms with Gasteiger partial charge in [-0.05, 0) is 18.6 Å². The first-order valence-corrected chi connectivity index (χ1v) is 5.19. The van der Waals surface area contributed by atoms with Crippen LogP contribution in [0.2, 0.25) is 0 Å². The molecule has 1 atom stereocenters. The second-order valence-corrected chi connectivity index (χ2v) is 4.02. The summed E-state index contributed by atoms with van der Waals surface area (Å²) in [5, 5.41) is 0. The van der Waals surface area contributed by atoms with Crippen LogP contribution in [0.25, 0.3) is 0 Å². The van der Waals surface area contributed by atoms with Crippen LogP contribution in [0.1, 0.15) is 16.8 Å². The third-order valence-corrected chi connectivity index (χ3v) is 2.78. The Labute approximate surface area is 108 Å². The molecule has 1 aromatic carbocycles. The number of nitrogens with two attached hydrogens (primary N) is 1. The van der Waals surface area contributed by atoms with Gasteiger partial charge < -0.3 is 10.6 Å². The molecule has 1 amide bonds. The van der Waals surface area contributed by atoms with Gasteiger partial charge in [-0.3, -0.25) is 4.79 Å². The van der Waals surface area contributed by atoms with E-state index in [4.69, 9.17) is 5.73 Å². The lowest BCUT2D eigenvalue weighted by Crippen LogP contribution is -2.32. The molecule has 18 heavy (non-hydrogen) atoms. The first-order valence-electron chi connectivity index (χ1n) is 5.19. The average molecular weight is 281 g/mol. The molecule has 2 N–H and O–H groups in total. The smallest absolute Gasteiger partial charge is 0.256 e. The first-order chi connectivity index (χ1) is 8.00. The standard InChI is InChI=1S/C11H11F3N2O.ClH/c12-8-2-1-7(9(13)10(8)14)11(17)16-4-3-6(15)5-16;/h1-2,6H,3-5,15H2;1H/t6-;/m1./s1. The van der Waals surface area contributed by atoms with Crippen LogP contribution in [0.15, 0.2) is 12.1 Å². The van der Waals surface area contributed by atoms with E-state index in [0.717, 1.165) is 12.1 Å². The summed E-state index contributed by atoms with van der Waals surface area (Å²) in [6, 6.07) is 1.54. The fourth-order valence-corrected chi connectivity index (χ4v) is 1.83. The number of carbonyl (C=O) groups excluding carboxylic acids is 1. The van der Waals surface area contributed by atoms with Crippen LogP contribution in [0.4, 0.5) is 13.2 Å². The van der Waals surface area contributed by atoms with Crippen LogP contribution >= 0.6 is 12.4 Å². The monoisotopic (exact) mass is 280 g/mol. The van der Waals surface area contributed by atoms with Crippen LogP contribution < -0.4 is 5.73 Å². The highest BCUT2D eigenvalue weighted by atomic mass is 35.5. The van der Waals surface area contributed by atoms with Crippen molar-refractivity contribution < 1.29 is 18.0 Å². The third kappa shape index (κ3) is 2.59. The van der Waals surface area contributed by atoms with Crippen LogP contribution in [0.5, 0.6) is 0 Å². The quantitative estimate of drug-likeness (QED) is 0.796. The molecule has 0 aliphatic carbocycles. The van der Waals surface area contributed by atoms with Gasteiger partial charge in [0.25, 0.3) is 5.91 Å². The van der Waals surface area contributed by atoms with Crippen molar-refractivity contribution in [3.05, 3.63) is 35.1 Å². The molecule has 1 saturated heterocycles. The molecule has 1 heterocycles. The molecular formula is C11H12ClF3N2O. The van der Waals surface area contributed by atoms with Gasteiger partial charge >= 0.3 is 0 Å². The van der Waals surface area contributed by atoms with Crippen LogP contribution in [-0.2, 0) is 0 Å². The number of nitrogens with zero attached hydrogens (tertiary/aromatic N) is 1. The van der Waals surface area contributed by atoms with E-state index in [0.29, 0.717) is 19.5 Å². The predicted octanol–water partition coefficient (Wildman–Crippen LogP) is 1.70. The van der Waals surface area contributed by atoms with Crippen molar-refractivity contribution in [1.29, 1.82) is 0 Å². The molecule has 2 rings (SSSR count). The lowest BCUT2D eigenvalue weighted by atomic mass is 10.1. The fraction of sp³-hybridized carbons (Fsp3) is 0.364. The van der Waals surface area contributed by atoms with E-state index in [1.54, 1.807) is 0 Å². The van der Waals surface area contributed by atoms with E-state index < -0.39 is 28.9 Å². The van der Waals surface area contributed by atoms with Crippen molar-refractivity contribution in [2.24, 2.45) is 5.73 Å². The Hall–Kier alpha value is -1.27. The second-order valence-electron chi connectivity index (χ2n) is 4.02. The van der Waals surface area contributed by atoms with E-state index in [2.05, 4.69) is 0 Å². The minimum absolute atomic E-state index is 0. The van der Waals surface area contributed by atoms with Gasteiger partial charge in [-0.2, -0.15) is 0 Å². The normalized spacial score (nSPS) is 18.7. The number of rotatable bonds is 1. The average Bonchev–Trinajstić information content (AvgIpc) is 2.72. The van der Waals surface area contributed by atoms with Crippen molar-refractivity contribution >= 4 is 18.3 Å². The first kappa shape index (κ1) is 14.8. The number of hydrogen-bond acceptors (Lipinski definition) is 2. The molecular weight excluding hydrogens is 269 g/mol. The number of halogens is 4. The van der Waals surface area contributed by atoms with Crippen molar-refractivity contribution in [2.45, 2.75) is 12.5 Å². The van der Waals surface area contributed by atoms with Gasteiger partial charge in [0.15, 0.2) is 17.5 Å². The Bertz CT molecular complexity index is 470. The van der Waals surface area contributed by atoms with Gasteiger partial charge in [-0.25, -0.2) is 13.2 Å². The van der Waals surface area contributed by atoms with E-state index in [-0.39, 0.29) is 18.4 Å². The molecule has 7 heteroatoms. The van der Waals surface area contributed by atoms with Crippen molar-refractivity contribution in [2.75, 3.05) is 13.1 Å². The number of amides is 1. The van der Waals surface area contributed by atoms with Gasteiger partial charge in [0.05, 0.1) is 5.56 Å². The Morgan fingerprint density at radius 1 is 1.28 bits per heavy atom. The molecule has 100 valence electrons. The fourth-order valence-electron chi connectivity index (χ4n) is 1.83. The molecule has 1 aromatic rings. The molecule has 1 aliphatic heterocycles. The molecule has 0 aromatic heterocycles. The van der Waals surface area contributed by atoms with E-state index in [1.807, 2.05) is 0 Å². The Kier molecular flexibility index (Phi) is 4.59. The summed E-state index contributed by atoms with van der Waals surface area (Å²) in [6.07, 6.45) is 0.622. The highest BCUT2D eigenvalue weighted by Crippen LogP contribution is 2.19. The van der Waals surface area contributed by atoms with Gasteiger partial charge in [0, 0.05) is 19.1 Å². The van der Waals surface area contributed by atoms with Crippen molar-refractivity contribution in [1.82, 2.24) is 4.90 Å². The summed E-state index contributed by atoms with van der Waals surface area (Å²) in [5.41, 5.74) is 5.15. The topological polar surface area (TPSA) is 46.3 Å². The van der Waals surface area contributed by atoms with Crippen LogP contribution in [-0.4, -0.2) is 29.9 Å². The zero-order chi connectivity index (χ0) is 12.6. The molecule has 0 unspecified atom stereocenters. The van der Waals surface area contributed by atoms with Crippen molar-refractivity contribution in [3.8, 4) is 0 Å². The largest absolute Gasteiger partial charge is 0.337 e. The lowest BCUT2D eigenvalue weighted by Gasteiger charge is -2.16. The van der Waals surface area contributed by atoms with Gasteiger partial charge in [0.2, 0.25) is 0 Å². The maximum absolute atomic E-state index is 13.4. The summed E-state index contributed by atoms with van der Waals surface area (Å²) >= 11 is 0.